The molecule has 0 spiro atoms. The van der Waals surface area contributed by atoms with Crippen LogP contribution < -0.4 is 15.4 Å². The summed E-state index contributed by atoms with van der Waals surface area (Å²) in [6.45, 7) is -0.102. The van der Waals surface area contributed by atoms with E-state index < -0.39 is 35.0 Å². The van der Waals surface area contributed by atoms with Gasteiger partial charge in [-0.1, -0.05) is 60.1 Å². The third kappa shape index (κ3) is 4.90. The minimum Gasteiger partial charge on any atom is -0.484 e. The third-order valence-electron chi connectivity index (χ3n) is 8.68. The van der Waals surface area contributed by atoms with Crippen molar-refractivity contribution >= 4 is 23.6 Å². The molecule has 0 heterocycles. The van der Waals surface area contributed by atoms with E-state index in [-0.39, 0.29) is 29.9 Å². The Labute approximate surface area is 236 Å². The van der Waals surface area contributed by atoms with E-state index in [4.69, 9.17) is 21.1 Å². The number of carbonyl (C=O) groups excluding carboxylic acids is 2. The summed E-state index contributed by atoms with van der Waals surface area (Å²) in [5, 5.41) is 17.0. The van der Waals surface area contributed by atoms with Crippen LogP contribution in [0.2, 0.25) is 5.02 Å². The van der Waals surface area contributed by atoms with Gasteiger partial charge >= 0.3 is 6.09 Å². The van der Waals surface area contributed by atoms with Crippen molar-refractivity contribution in [2.24, 2.45) is 0 Å². The van der Waals surface area contributed by atoms with E-state index >= 15 is 0 Å². The highest BCUT2D eigenvalue weighted by atomic mass is 35.5. The lowest BCUT2D eigenvalue weighted by Gasteiger charge is -2.56. The molecule has 0 unspecified atom stereocenters. The van der Waals surface area contributed by atoms with Gasteiger partial charge in [0.15, 0.2) is 6.61 Å². The summed E-state index contributed by atoms with van der Waals surface area (Å²) in [5.74, 6) is -0.885. The molecule has 3 fully saturated rings. The molecule has 0 aromatic heterocycles. The molecule has 4 aliphatic carbocycles. The van der Waals surface area contributed by atoms with E-state index in [0.29, 0.717) is 32.1 Å². The van der Waals surface area contributed by atoms with Gasteiger partial charge in [0.25, 0.3) is 5.91 Å². The van der Waals surface area contributed by atoms with E-state index in [0.717, 1.165) is 28.3 Å². The molecule has 4 aliphatic rings. The van der Waals surface area contributed by atoms with Crippen LogP contribution in [0.25, 0.3) is 11.1 Å². The molecule has 2 amide bonds. The molecule has 3 saturated carbocycles. The maximum Gasteiger partial charge on any atom is 0.407 e. The zero-order valence-electron chi connectivity index (χ0n) is 21.8. The summed E-state index contributed by atoms with van der Waals surface area (Å²) in [7, 11) is 0. The van der Waals surface area contributed by atoms with Crippen molar-refractivity contribution < 1.29 is 28.6 Å². The summed E-state index contributed by atoms with van der Waals surface area (Å²) in [5.41, 5.74) is 3.23. The number of amides is 2. The first-order valence-corrected chi connectivity index (χ1v) is 13.9. The molecule has 1 atom stereocenters. The van der Waals surface area contributed by atoms with Crippen LogP contribution in [-0.4, -0.2) is 47.5 Å². The number of fused-ring (bicyclic) bond motifs is 6. The largest absolute Gasteiger partial charge is 0.484 e. The number of nitrogens with one attached hydrogen (secondary N) is 2. The van der Waals surface area contributed by atoms with Crippen LogP contribution in [-0.2, 0) is 9.53 Å². The number of aliphatic hydroxyl groups excluding tert-OH is 1. The van der Waals surface area contributed by atoms with Crippen molar-refractivity contribution in [3.8, 4) is 16.9 Å². The fourth-order valence-electron chi connectivity index (χ4n) is 6.54. The number of halogens is 2. The van der Waals surface area contributed by atoms with Crippen LogP contribution in [0.1, 0.15) is 49.1 Å². The van der Waals surface area contributed by atoms with Gasteiger partial charge in [-0.2, -0.15) is 0 Å². The monoisotopic (exact) mass is 564 g/mol. The van der Waals surface area contributed by atoms with Crippen LogP contribution in [0.5, 0.6) is 5.75 Å². The van der Waals surface area contributed by atoms with Crippen LogP contribution in [0.4, 0.5) is 9.18 Å². The highest BCUT2D eigenvalue weighted by Crippen LogP contribution is 2.47. The second-order valence-corrected chi connectivity index (χ2v) is 11.4. The minimum absolute atomic E-state index is 0.0293. The summed E-state index contributed by atoms with van der Waals surface area (Å²) in [6, 6.07) is 20.3. The molecule has 3 aromatic rings. The van der Waals surface area contributed by atoms with Gasteiger partial charge < -0.3 is 25.2 Å². The Morgan fingerprint density at radius 1 is 0.950 bits per heavy atom. The molecule has 0 radical (unpaired) electrons. The second kappa shape index (κ2) is 10.4. The fourth-order valence-corrected chi connectivity index (χ4v) is 6.66. The molecule has 0 saturated heterocycles. The lowest BCUT2D eigenvalue weighted by atomic mass is 9.60. The minimum atomic E-state index is -0.846. The lowest BCUT2D eigenvalue weighted by molar-refractivity contribution is -0.132. The molecular formula is C31H30ClFN2O5. The third-order valence-corrected chi connectivity index (χ3v) is 8.99. The summed E-state index contributed by atoms with van der Waals surface area (Å²) < 4.78 is 24.8. The predicted octanol–water partition coefficient (Wildman–Crippen LogP) is 5.33. The highest BCUT2D eigenvalue weighted by molar-refractivity contribution is 6.30. The number of alkyl carbamates (subject to hydrolysis) is 1. The van der Waals surface area contributed by atoms with Crippen molar-refractivity contribution in [3.63, 3.8) is 0 Å². The summed E-state index contributed by atoms with van der Waals surface area (Å²) in [4.78, 5) is 25.6. The molecule has 3 aromatic carbocycles. The van der Waals surface area contributed by atoms with Gasteiger partial charge in [-0.3, -0.25) is 4.79 Å². The van der Waals surface area contributed by atoms with E-state index in [9.17, 15) is 19.1 Å². The highest BCUT2D eigenvalue weighted by Gasteiger charge is 2.55. The van der Waals surface area contributed by atoms with Crippen LogP contribution in [0.3, 0.4) is 0 Å². The molecule has 0 aliphatic heterocycles. The first-order valence-electron chi connectivity index (χ1n) is 13.5. The average Bonchev–Trinajstić information content (AvgIpc) is 3.27. The number of hydrogen-bond donors (Lipinski definition) is 3. The summed E-state index contributed by atoms with van der Waals surface area (Å²) in [6.07, 6.45) is 1.14. The molecule has 2 bridgehead atoms. The Morgan fingerprint density at radius 2 is 1.60 bits per heavy atom. The van der Waals surface area contributed by atoms with Crippen molar-refractivity contribution in [1.29, 1.82) is 0 Å². The van der Waals surface area contributed by atoms with E-state index in [1.54, 1.807) is 0 Å². The topological polar surface area (TPSA) is 96.9 Å². The molecule has 9 heteroatoms. The first kappa shape index (κ1) is 26.6. The Hall–Kier alpha value is -3.62. The molecular weight excluding hydrogens is 535 g/mol. The first-order chi connectivity index (χ1) is 19.3. The van der Waals surface area contributed by atoms with Crippen molar-refractivity contribution in [2.45, 2.75) is 55.2 Å². The van der Waals surface area contributed by atoms with E-state index in [2.05, 4.69) is 34.9 Å². The number of aliphatic hydroxyl groups is 1. The van der Waals surface area contributed by atoms with Gasteiger partial charge in [0.2, 0.25) is 0 Å². The van der Waals surface area contributed by atoms with Gasteiger partial charge in [-0.05, 0) is 66.5 Å². The maximum atomic E-state index is 13.6. The Bertz CT molecular complexity index is 1410. The SMILES string of the molecule is O=C(COc1ccc(Cl)c(F)c1)NC12CCC(NC(=O)OCC3c4ccccc4-c4ccccc43)(CC1)C[C@H]2O. The van der Waals surface area contributed by atoms with E-state index in [1.807, 2.05) is 24.3 Å². The number of ether oxygens (including phenoxy) is 2. The number of hydrogen-bond acceptors (Lipinski definition) is 5. The lowest BCUT2D eigenvalue weighted by Crippen LogP contribution is -2.70. The average molecular weight is 565 g/mol. The maximum absolute atomic E-state index is 13.6. The van der Waals surface area contributed by atoms with Crippen molar-refractivity contribution in [3.05, 3.63) is 88.7 Å². The molecule has 3 N–H and O–H groups in total. The van der Waals surface area contributed by atoms with Crippen LogP contribution >= 0.6 is 11.6 Å². The zero-order chi connectivity index (χ0) is 27.9. The standard InChI is InChI=1S/C31H30ClFN2O5/c32-25-10-9-19(15-26(25)33)39-18-28(37)34-31-13-11-30(12-14-31,16-27(31)36)35-29(38)40-17-24-22-7-3-1-5-20(22)21-6-2-4-8-23(21)24/h1-10,15,24,27,36H,11-14,16-18H2,(H,34,37)(H,35,38)/t27-,30?,31?/m1/s1. The quantitative estimate of drug-likeness (QED) is 0.360. The van der Waals surface area contributed by atoms with Crippen LogP contribution in [0, 0.1) is 5.82 Å². The fraction of sp³-hybridized carbons (Fsp3) is 0.355. The van der Waals surface area contributed by atoms with Crippen molar-refractivity contribution in [1.82, 2.24) is 10.6 Å². The molecule has 40 heavy (non-hydrogen) atoms. The smallest absolute Gasteiger partial charge is 0.407 e. The van der Waals surface area contributed by atoms with E-state index in [1.165, 1.54) is 12.1 Å². The van der Waals surface area contributed by atoms with Crippen LogP contribution in [0.15, 0.2) is 66.7 Å². The predicted molar refractivity (Wildman–Crippen MR) is 148 cm³/mol. The Kier molecular flexibility index (Phi) is 6.92. The number of benzene rings is 3. The molecule has 7 rings (SSSR count). The van der Waals surface area contributed by atoms with Gasteiger partial charge in [-0.25, -0.2) is 9.18 Å². The van der Waals surface area contributed by atoms with Gasteiger partial charge in [0.1, 0.15) is 18.2 Å². The van der Waals surface area contributed by atoms with Gasteiger partial charge in [-0.15, -0.1) is 0 Å². The van der Waals surface area contributed by atoms with Gasteiger partial charge in [0.05, 0.1) is 16.7 Å². The molecule has 7 nitrogen and oxygen atoms in total. The normalized spacial score (nSPS) is 24.6. The zero-order valence-corrected chi connectivity index (χ0v) is 22.5. The second-order valence-electron chi connectivity index (χ2n) is 11.0. The Morgan fingerprint density at radius 3 is 2.23 bits per heavy atom. The van der Waals surface area contributed by atoms with Gasteiger partial charge in [0, 0.05) is 17.5 Å². The Balaban J connectivity index is 1.03. The van der Waals surface area contributed by atoms with Crippen molar-refractivity contribution in [2.75, 3.05) is 13.2 Å². The molecule has 208 valence electrons. The summed E-state index contributed by atoms with van der Waals surface area (Å²) >= 11 is 5.68. The number of carbonyl (C=O) groups is 2. The number of rotatable bonds is 7.